The highest BCUT2D eigenvalue weighted by molar-refractivity contribution is 6.35. The molecular weight excluding hydrogens is 319 g/mol. The van der Waals surface area contributed by atoms with Crippen LogP contribution in [0.3, 0.4) is 0 Å². The molecule has 0 radical (unpaired) electrons. The van der Waals surface area contributed by atoms with Crippen LogP contribution < -0.4 is 0 Å². The zero-order chi connectivity index (χ0) is 15.9. The first-order valence-corrected chi connectivity index (χ1v) is 7.75. The van der Waals surface area contributed by atoms with Gasteiger partial charge in [0, 0.05) is 12.0 Å². The summed E-state index contributed by atoms with van der Waals surface area (Å²) in [4.78, 5) is 12.9. The molecule has 0 N–H and O–H groups in total. The number of imidazole rings is 1. The van der Waals surface area contributed by atoms with E-state index in [4.69, 9.17) is 23.2 Å². The van der Waals surface area contributed by atoms with Gasteiger partial charge < -0.3 is 4.57 Å². The van der Waals surface area contributed by atoms with E-state index in [1.807, 2.05) is 18.2 Å². The maximum absolute atomic E-state index is 6.30. The number of hydrogen-bond donors (Lipinski definition) is 0. The van der Waals surface area contributed by atoms with Crippen molar-refractivity contribution in [3.05, 3.63) is 52.2 Å². The van der Waals surface area contributed by atoms with Crippen molar-refractivity contribution in [2.45, 2.75) is 32.7 Å². The quantitative estimate of drug-likeness (QED) is 0.512. The first kappa shape index (κ1) is 15.3. The number of aromatic nitrogens is 4. The van der Waals surface area contributed by atoms with Gasteiger partial charge in [-0.3, -0.25) is 0 Å². The molecule has 6 heteroatoms. The van der Waals surface area contributed by atoms with Gasteiger partial charge in [0.1, 0.15) is 11.3 Å². The predicted octanol–water partition coefficient (Wildman–Crippen LogP) is 4.48. The first-order chi connectivity index (χ1) is 10.4. The van der Waals surface area contributed by atoms with Gasteiger partial charge in [0.05, 0.1) is 0 Å². The topological polar surface area (TPSA) is 43.6 Å². The highest BCUT2D eigenvalue weighted by Gasteiger charge is 2.25. The molecule has 2 aromatic heterocycles. The molecule has 1 aromatic carbocycles. The fourth-order valence-corrected chi connectivity index (χ4v) is 2.94. The first-order valence-electron chi connectivity index (χ1n) is 7.00. The van der Waals surface area contributed by atoms with Crippen molar-refractivity contribution >= 4 is 34.4 Å². The van der Waals surface area contributed by atoms with Gasteiger partial charge >= 0.3 is 0 Å². The number of nitrogens with zero attached hydrogens (tertiary/aromatic N) is 4. The Bertz CT molecular complexity index is 820. The molecule has 0 aliphatic rings. The van der Waals surface area contributed by atoms with Crippen molar-refractivity contribution in [2.75, 3.05) is 0 Å². The van der Waals surface area contributed by atoms with E-state index < -0.39 is 0 Å². The van der Waals surface area contributed by atoms with Gasteiger partial charge in [-0.05, 0) is 17.2 Å². The minimum Gasteiger partial charge on any atom is -0.319 e. The van der Waals surface area contributed by atoms with Crippen LogP contribution >= 0.6 is 23.2 Å². The molecule has 0 atom stereocenters. The minimum atomic E-state index is -0.148. The van der Waals surface area contributed by atoms with Gasteiger partial charge in [-0.25, -0.2) is 9.97 Å². The molecule has 4 nitrogen and oxygen atoms in total. The van der Waals surface area contributed by atoms with Crippen molar-refractivity contribution in [2.24, 2.45) is 0 Å². The summed E-state index contributed by atoms with van der Waals surface area (Å²) >= 11 is 12.2. The molecule has 0 spiro atoms. The summed E-state index contributed by atoms with van der Waals surface area (Å²) in [5.74, 6) is 0.907. The molecule has 3 rings (SSSR count). The van der Waals surface area contributed by atoms with Gasteiger partial charge in [0.25, 0.3) is 0 Å². The maximum Gasteiger partial charge on any atom is 0.225 e. The summed E-state index contributed by atoms with van der Waals surface area (Å²) in [6.07, 6.45) is 0. The maximum atomic E-state index is 6.30. The summed E-state index contributed by atoms with van der Waals surface area (Å²) in [5.41, 5.74) is 2.27. The van der Waals surface area contributed by atoms with Crippen molar-refractivity contribution in [3.63, 3.8) is 0 Å². The standard InChI is InChI=1S/C16H16Cl2N4/c1-16(2,3)14-20-13-11(12(17)19-15(18)21-13)22(14)9-10-7-5-4-6-8-10/h4-8H,9H2,1-3H3. The van der Waals surface area contributed by atoms with Crippen LogP contribution in [0.5, 0.6) is 0 Å². The van der Waals surface area contributed by atoms with E-state index in [0.29, 0.717) is 17.3 Å². The summed E-state index contributed by atoms with van der Waals surface area (Å²) < 4.78 is 2.07. The van der Waals surface area contributed by atoms with E-state index in [9.17, 15) is 0 Å². The monoisotopic (exact) mass is 334 g/mol. The Morgan fingerprint density at radius 2 is 1.68 bits per heavy atom. The van der Waals surface area contributed by atoms with E-state index >= 15 is 0 Å². The van der Waals surface area contributed by atoms with Gasteiger partial charge in [-0.2, -0.15) is 4.98 Å². The minimum absolute atomic E-state index is 0.113. The normalized spacial score (nSPS) is 12.0. The molecule has 0 unspecified atom stereocenters. The summed E-state index contributed by atoms with van der Waals surface area (Å²) in [6, 6.07) is 10.2. The van der Waals surface area contributed by atoms with E-state index in [2.05, 4.69) is 52.4 Å². The third-order valence-corrected chi connectivity index (χ3v) is 3.82. The van der Waals surface area contributed by atoms with Crippen LogP contribution in [0.1, 0.15) is 32.2 Å². The zero-order valence-corrected chi connectivity index (χ0v) is 14.2. The lowest BCUT2D eigenvalue weighted by Crippen LogP contribution is -2.19. The Kier molecular flexibility index (Phi) is 3.83. The highest BCUT2D eigenvalue weighted by Crippen LogP contribution is 2.30. The van der Waals surface area contributed by atoms with Crippen LogP contribution in [0.25, 0.3) is 11.2 Å². The number of fused-ring (bicyclic) bond motifs is 1. The summed E-state index contributed by atoms with van der Waals surface area (Å²) in [5, 5.41) is 0.441. The molecule has 22 heavy (non-hydrogen) atoms. The van der Waals surface area contributed by atoms with Crippen LogP contribution in [0.15, 0.2) is 30.3 Å². The molecule has 114 valence electrons. The van der Waals surface area contributed by atoms with E-state index in [1.165, 1.54) is 5.56 Å². The third kappa shape index (κ3) is 2.81. The number of rotatable bonds is 2. The Morgan fingerprint density at radius 3 is 2.32 bits per heavy atom. The zero-order valence-electron chi connectivity index (χ0n) is 12.6. The largest absolute Gasteiger partial charge is 0.319 e. The van der Waals surface area contributed by atoms with Crippen LogP contribution in [-0.2, 0) is 12.0 Å². The molecule has 3 aromatic rings. The Balaban J connectivity index is 2.25. The number of hydrogen-bond acceptors (Lipinski definition) is 3. The van der Waals surface area contributed by atoms with Gasteiger partial charge in [-0.1, -0.05) is 62.7 Å². The second-order valence-electron chi connectivity index (χ2n) is 6.21. The van der Waals surface area contributed by atoms with E-state index in [1.54, 1.807) is 0 Å². The van der Waals surface area contributed by atoms with Crippen molar-refractivity contribution in [1.29, 1.82) is 0 Å². The average Bonchev–Trinajstić information content (AvgIpc) is 2.78. The number of halogens is 2. The second-order valence-corrected chi connectivity index (χ2v) is 6.91. The van der Waals surface area contributed by atoms with E-state index in [-0.39, 0.29) is 10.7 Å². The third-order valence-electron chi connectivity index (χ3n) is 3.39. The van der Waals surface area contributed by atoms with Crippen molar-refractivity contribution < 1.29 is 0 Å². The molecular formula is C16H16Cl2N4. The molecule has 0 aliphatic heterocycles. The molecule has 0 saturated carbocycles. The Labute approximate surface area is 139 Å². The lowest BCUT2D eigenvalue weighted by Gasteiger charge is -2.20. The lowest BCUT2D eigenvalue weighted by atomic mass is 9.95. The van der Waals surface area contributed by atoms with Crippen LogP contribution in [-0.4, -0.2) is 19.5 Å². The van der Waals surface area contributed by atoms with Gasteiger partial charge in [-0.15, -0.1) is 0 Å². The molecule has 0 aliphatic carbocycles. The van der Waals surface area contributed by atoms with Crippen molar-refractivity contribution in [1.82, 2.24) is 19.5 Å². The van der Waals surface area contributed by atoms with Gasteiger partial charge in [0.15, 0.2) is 10.8 Å². The molecule has 0 saturated heterocycles. The molecule has 0 fully saturated rings. The van der Waals surface area contributed by atoms with Crippen LogP contribution in [0.4, 0.5) is 0 Å². The summed E-state index contributed by atoms with van der Waals surface area (Å²) in [6.45, 7) is 6.99. The van der Waals surface area contributed by atoms with Gasteiger partial charge in [0.2, 0.25) is 5.28 Å². The molecule has 0 amide bonds. The second kappa shape index (κ2) is 5.52. The smallest absolute Gasteiger partial charge is 0.225 e. The SMILES string of the molecule is CC(C)(C)c1nc2nc(Cl)nc(Cl)c2n1Cc1ccccc1. The Morgan fingerprint density at radius 1 is 1.00 bits per heavy atom. The van der Waals surface area contributed by atoms with Crippen LogP contribution in [0.2, 0.25) is 10.4 Å². The fraction of sp³-hybridized carbons (Fsp3) is 0.312. The lowest BCUT2D eigenvalue weighted by molar-refractivity contribution is 0.516. The Hall–Kier alpha value is -1.65. The van der Waals surface area contributed by atoms with Crippen molar-refractivity contribution in [3.8, 4) is 0 Å². The molecule has 0 bridgehead atoms. The fourth-order valence-electron chi connectivity index (χ4n) is 2.46. The molecule has 2 heterocycles. The average molecular weight is 335 g/mol. The predicted molar refractivity (Wildman–Crippen MR) is 89.6 cm³/mol. The van der Waals surface area contributed by atoms with E-state index in [0.717, 1.165) is 11.3 Å². The number of benzene rings is 1. The van der Waals surface area contributed by atoms with Crippen LogP contribution in [0, 0.1) is 0 Å². The highest BCUT2D eigenvalue weighted by atomic mass is 35.5. The summed E-state index contributed by atoms with van der Waals surface area (Å²) in [7, 11) is 0.